The van der Waals surface area contributed by atoms with Crippen LogP contribution in [0.5, 0.6) is 0 Å². The van der Waals surface area contributed by atoms with Gasteiger partial charge in [0.1, 0.15) is 0 Å². The number of hydrogen-bond donors (Lipinski definition) is 2. The van der Waals surface area contributed by atoms with Gasteiger partial charge in [-0.15, -0.1) is 0 Å². The molecule has 2 aromatic carbocycles. The fourth-order valence-electron chi connectivity index (χ4n) is 2.26. The maximum absolute atomic E-state index is 9.17. The highest BCUT2D eigenvalue weighted by Gasteiger charge is 2.12. The SMILES string of the molecule is OB(O)c1ccc2nn(CCc3ccccc3)cc2c1. The van der Waals surface area contributed by atoms with Crippen LogP contribution >= 0.6 is 0 Å². The molecule has 5 heteroatoms. The minimum Gasteiger partial charge on any atom is -0.423 e. The quantitative estimate of drug-likeness (QED) is 0.691. The van der Waals surface area contributed by atoms with Gasteiger partial charge in [0.25, 0.3) is 0 Å². The number of hydrogen-bond acceptors (Lipinski definition) is 3. The summed E-state index contributed by atoms with van der Waals surface area (Å²) in [5.41, 5.74) is 2.63. The first-order valence-corrected chi connectivity index (χ1v) is 6.59. The summed E-state index contributed by atoms with van der Waals surface area (Å²) in [4.78, 5) is 0. The standard InChI is InChI=1S/C15H15BN2O2/c19-16(20)14-6-7-15-13(10-14)11-18(17-15)9-8-12-4-2-1-3-5-12/h1-7,10-11,19-20H,8-9H2. The Bertz CT molecular complexity index is 710. The third-order valence-electron chi connectivity index (χ3n) is 3.35. The molecule has 0 spiro atoms. The number of aromatic nitrogens is 2. The van der Waals surface area contributed by atoms with Crippen LogP contribution in [-0.2, 0) is 13.0 Å². The van der Waals surface area contributed by atoms with Gasteiger partial charge in [0.15, 0.2) is 0 Å². The van der Waals surface area contributed by atoms with Crippen LogP contribution < -0.4 is 5.46 Å². The van der Waals surface area contributed by atoms with Gasteiger partial charge in [-0.25, -0.2) is 0 Å². The Morgan fingerprint density at radius 3 is 2.60 bits per heavy atom. The van der Waals surface area contributed by atoms with Crippen LogP contribution in [0.25, 0.3) is 10.9 Å². The first kappa shape index (κ1) is 12.9. The molecule has 1 heterocycles. The van der Waals surface area contributed by atoms with E-state index in [1.807, 2.05) is 35.1 Å². The Balaban J connectivity index is 1.79. The molecule has 0 aliphatic carbocycles. The topological polar surface area (TPSA) is 58.3 Å². The van der Waals surface area contributed by atoms with E-state index >= 15 is 0 Å². The molecule has 0 amide bonds. The number of fused-ring (bicyclic) bond motifs is 1. The van der Waals surface area contributed by atoms with Crippen molar-refractivity contribution in [2.75, 3.05) is 0 Å². The van der Waals surface area contributed by atoms with Crippen LogP contribution in [0.4, 0.5) is 0 Å². The van der Waals surface area contributed by atoms with Crippen LogP contribution in [-0.4, -0.2) is 26.9 Å². The Hall–Kier alpha value is -2.11. The molecule has 4 nitrogen and oxygen atoms in total. The maximum Gasteiger partial charge on any atom is 0.488 e. The second kappa shape index (κ2) is 5.49. The summed E-state index contributed by atoms with van der Waals surface area (Å²) in [5, 5.41) is 23.7. The molecule has 3 rings (SSSR count). The average molecular weight is 266 g/mol. The van der Waals surface area contributed by atoms with Crippen LogP contribution in [0.1, 0.15) is 5.56 Å². The lowest BCUT2D eigenvalue weighted by Gasteiger charge is -2.01. The van der Waals surface area contributed by atoms with Crippen molar-refractivity contribution in [3.8, 4) is 0 Å². The van der Waals surface area contributed by atoms with Crippen molar-refractivity contribution in [3.05, 3.63) is 60.3 Å². The first-order chi connectivity index (χ1) is 9.72. The molecule has 0 unspecified atom stereocenters. The highest BCUT2D eigenvalue weighted by atomic mass is 16.4. The van der Waals surface area contributed by atoms with E-state index in [1.165, 1.54) is 5.56 Å². The molecule has 20 heavy (non-hydrogen) atoms. The summed E-state index contributed by atoms with van der Waals surface area (Å²) in [6, 6.07) is 15.5. The van der Waals surface area contributed by atoms with Gasteiger partial charge in [0.2, 0.25) is 0 Å². The van der Waals surface area contributed by atoms with Gasteiger partial charge < -0.3 is 10.0 Å². The number of nitrogens with zero attached hydrogens (tertiary/aromatic N) is 2. The molecule has 0 aliphatic rings. The summed E-state index contributed by atoms with van der Waals surface area (Å²) in [5.74, 6) is 0. The molecule has 0 fully saturated rings. The van der Waals surface area contributed by atoms with Crippen LogP contribution in [0.3, 0.4) is 0 Å². The van der Waals surface area contributed by atoms with Crippen molar-refractivity contribution in [2.45, 2.75) is 13.0 Å². The normalized spacial score (nSPS) is 10.9. The van der Waals surface area contributed by atoms with Gasteiger partial charge >= 0.3 is 7.12 Å². The van der Waals surface area contributed by atoms with E-state index in [9.17, 15) is 10.0 Å². The number of rotatable bonds is 4. The summed E-state index contributed by atoms with van der Waals surface area (Å²) >= 11 is 0. The van der Waals surface area contributed by atoms with Crippen molar-refractivity contribution in [2.24, 2.45) is 0 Å². The second-order valence-corrected chi connectivity index (χ2v) is 4.82. The Kier molecular flexibility index (Phi) is 3.54. The molecule has 3 aromatic rings. The molecule has 0 saturated carbocycles. The third-order valence-corrected chi connectivity index (χ3v) is 3.35. The molecule has 0 radical (unpaired) electrons. The Labute approximate surface area is 117 Å². The lowest BCUT2D eigenvalue weighted by molar-refractivity contribution is 0.426. The molecule has 0 bridgehead atoms. The van der Waals surface area contributed by atoms with E-state index in [1.54, 1.807) is 12.1 Å². The molecule has 100 valence electrons. The zero-order valence-corrected chi connectivity index (χ0v) is 11.0. The molecular weight excluding hydrogens is 251 g/mol. The van der Waals surface area contributed by atoms with Gasteiger partial charge in [0.05, 0.1) is 5.52 Å². The average Bonchev–Trinajstić information content (AvgIpc) is 2.88. The van der Waals surface area contributed by atoms with Crippen molar-refractivity contribution >= 4 is 23.5 Å². The van der Waals surface area contributed by atoms with E-state index in [0.29, 0.717) is 5.46 Å². The molecule has 1 aromatic heterocycles. The highest BCUT2D eigenvalue weighted by Crippen LogP contribution is 2.11. The summed E-state index contributed by atoms with van der Waals surface area (Å²) < 4.78 is 1.89. The zero-order chi connectivity index (χ0) is 13.9. The van der Waals surface area contributed by atoms with Crippen LogP contribution in [0.15, 0.2) is 54.7 Å². The van der Waals surface area contributed by atoms with Crippen molar-refractivity contribution < 1.29 is 10.0 Å². The van der Waals surface area contributed by atoms with E-state index < -0.39 is 7.12 Å². The molecule has 2 N–H and O–H groups in total. The minimum absolute atomic E-state index is 0.486. The summed E-state index contributed by atoms with van der Waals surface area (Å²) in [6.07, 6.45) is 2.86. The highest BCUT2D eigenvalue weighted by molar-refractivity contribution is 6.58. The van der Waals surface area contributed by atoms with E-state index in [4.69, 9.17) is 0 Å². The van der Waals surface area contributed by atoms with Gasteiger partial charge in [-0.3, -0.25) is 4.68 Å². The van der Waals surface area contributed by atoms with Crippen LogP contribution in [0, 0.1) is 0 Å². The minimum atomic E-state index is -1.44. The smallest absolute Gasteiger partial charge is 0.423 e. The van der Waals surface area contributed by atoms with Gasteiger partial charge in [-0.2, -0.15) is 5.10 Å². The predicted molar refractivity (Wildman–Crippen MR) is 79.7 cm³/mol. The molecular formula is C15H15BN2O2. The second-order valence-electron chi connectivity index (χ2n) is 4.82. The predicted octanol–water partition coefficient (Wildman–Crippen LogP) is 0.959. The van der Waals surface area contributed by atoms with Gasteiger partial charge in [-0.1, -0.05) is 42.5 Å². The van der Waals surface area contributed by atoms with Crippen LogP contribution in [0.2, 0.25) is 0 Å². The fraction of sp³-hybridized carbons (Fsp3) is 0.133. The fourth-order valence-corrected chi connectivity index (χ4v) is 2.26. The van der Waals surface area contributed by atoms with Gasteiger partial charge in [-0.05, 0) is 23.5 Å². The molecule has 0 saturated heterocycles. The number of aryl methyl sites for hydroxylation is 2. The van der Waals surface area contributed by atoms with Gasteiger partial charge in [0, 0.05) is 18.1 Å². The number of benzene rings is 2. The summed E-state index contributed by atoms with van der Waals surface area (Å²) in [6.45, 7) is 0.801. The van der Waals surface area contributed by atoms with Crippen molar-refractivity contribution in [1.29, 1.82) is 0 Å². The lowest BCUT2D eigenvalue weighted by atomic mass is 9.80. The monoisotopic (exact) mass is 266 g/mol. The van der Waals surface area contributed by atoms with E-state index in [-0.39, 0.29) is 0 Å². The van der Waals surface area contributed by atoms with E-state index in [2.05, 4.69) is 17.2 Å². The maximum atomic E-state index is 9.17. The molecule has 0 aliphatic heterocycles. The summed E-state index contributed by atoms with van der Waals surface area (Å²) in [7, 11) is -1.44. The van der Waals surface area contributed by atoms with E-state index in [0.717, 1.165) is 23.9 Å². The zero-order valence-electron chi connectivity index (χ0n) is 11.0. The third kappa shape index (κ3) is 2.74. The molecule has 0 atom stereocenters. The Morgan fingerprint density at radius 2 is 1.85 bits per heavy atom. The Morgan fingerprint density at radius 1 is 1.05 bits per heavy atom. The van der Waals surface area contributed by atoms with Crippen molar-refractivity contribution in [1.82, 2.24) is 9.78 Å². The largest absolute Gasteiger partial charge is 0.488 e. The van der Waals surface area contributed by atoms with Crippen molar-refractivity contribution in [3.63, 3.8) is 0 Å². The first-order valence-electron chi connectivity index (χ1n) is 6.59. The lowest BCUT2D eigenvalue weighted by Crippen LogP contribution is -2.29.